The molecule has 0 saturated carbocycles. The zero-order valence-corrected chi connectivity index (χ0v) is 12.7. The van der Waals surface area contributed by atoms with Gasteiger partial charge in [-0.2, -0.15) is 0 Å². The van der Waals surface area contributed by atoms with E-state index in [0.717, 1.165) is 17.0 Å². The van der Waals surface area contributed by atoms with E-state index in [-0.39, 0.29) is 0 Å². The van der Waals surface area contributed by atoms with Gasteiger partial charge >= 0.3 is 0 Å². The van der Waals surface area contributed by atoms with Gasteiger partial charge in [-0.05, 0) is 24.3 Å². The zero-order chi connectivity index (χ0) is 15.4. The second kappa shape index (κ2) is 6.45. The lowest BCUT2D eigenvalue weighted by Gasteiger charge is -2.09. The topological polar surface area (TPSA) is 47.0 Å². The van der Waals surface area contributed by atoms with Crippen LogP contribution in [0.1, 0.15) is 0 Å². The fourth-order valence-electron chi connectivity index (χ4n) is 2.02. The minimum atomic E-state index is 0.393. The van der Waals surface area contributed by atoms with E-state index in [1.54, 1.807) is 13.2 Å². The van der Waals surface area contributed by atoms with E-state index in [1.807, 2.05) is 54.6 Å². The van der Waals surface area contributed by atoms with Crippen molar-refractivity contribution in [3.63, 3.8) is 0 Å². The second-order valence-corrected chi connectivity index (χ2v) is 5.01. The molecule has 110 valence electrons. The Hall–Kier alpha value is -2.59. The molecule has 5 heteroatoms. The van der Waals surface area contributed by atoms with Crippen molar-refractivity contribution < 1.29 is 4.74 Å². The maximum absolute atomic E-state index is 6.10. The maximum atomic E-state index is 6.10. The Morgan fingerprint density at radius 2 is 1.68 bits per heavy atom. The molecule has 0 atom stereocenters. The van der Waals surface area contributed by atoms with Crippen molar-refractivity contribution in [2.45, 2.75) is 0 Å². The molecule has 0 aliphatic rings. The van der Waals surface area contributed by atoms with Crippen molar-refractivity contribution in [2.75, 3.05) is 12.4 Å². The number of benzene rings is 2. The van der Waals surface area contributed by atoms with Gasteiger partial charge in [0, 0.05) is 17.3 Å². The summed E-state index contributed by atoms with van der Waals surface area (Å²) in [5.41, 5.74) is 1.82. The van der Waals surface area contributed by atoms with Crippen molar-refractivity contribution in [1.29, 1.82) is 0 Å². The van der Waals surface area contributed by atoms with Gasteiger partial charge in [-0.15, -0.1) is 0 Å². The lowest BCUT2D eigenvalue weighted by molar-refractivity contribution is 0.415. The van der Waals surface area contributed by atoms with Crippen LogP contribution in [0, 0.1) is 0 Å². The summed E-state index contributed by atoms with van der Waals surface area (Å²) >= 11 is 6.10. The van der Waals surface area contributed by atoms with E-state index in [1.165, 1.54) is 0 Å². The van der Waals surface area contributed by atoms with Crippen LogP contribution in [-0.2, 0) is 0 Å². The number of methoxy groups -OCH3 is 1. The predicted molar refractivity (Wildman–Crippen MR) is 88.8 cm³/mol. The highest BCUT2D eigenvalue weighted by Gasteiger charge is 2.06. The van der Waals surface area contributed by atoms with Crippen molar-refractivity contribution in [2.24, 2.45) is 0 Å². The quantitative estimate of drug-likeness (QED) is 0.718. The standard InChI is InChI=1S/C17H14ClN3O/c1-22-14-9-7-13(8-10-14)19-16-11-15(18)20-17(21-16)12-5-3-2-4-6-12/h2-11H,1H3,(H,19,20,21). The van der Waals surface area contributed by atoms with Gasteiger partial charge < -0.3 is 10.1 Å². The van der Waals surface area contributed by atoms with Gasteiger partial charge in [-0.25, -0.2) is 9.97 Å². The molecule has 3 rings (SSSR count). The Kier molecular flexibility index (Phi) is 4.21. The molecule has 22 heavy (non-hydrogen) atoms. The van der Waals surface area contributed by atoms with Gasteiger partial charge in [0.05, 0.1) is 7.11 Å². The Morgan fingerprint density at radius 3 is 2.36 bits per heavy atom. The molecular weight excluding hydrogens is 298 g/mol. The number of hydrogen-bond donors (Lipinski definition) is 1. The molecule has 1 N–H and O–H groups in total. The molecule has 3 aromatic rings. The fourth-order valence-corrected chi connectivity index (χ4v) is 2.20. The summed E-state index contributed by atoms with van der Waals surface area (Å²) in [7, 11) is 1.64. The Bertz CT molecular complexity index is 761. The third kappa shape index (κ3) is 3.35. The molecule has 0 aliphatic carbocycles. The first-order chi connectivity index (χ1) is 10.7. The molecule has 4 nitrogen and oxygen atoms in total. The molecule has 1 aromatic heterocycles. The first kappa shape index (κ1) is 14.4. The van der Waals surface area contributed by atoms with Crippen LogP contribution in [-0.4, -0.2) is 17.1 Å². The predicted octanol–water partition coefficient (Wildman–Crippen LogP) is 4.55. The van der Waals surface area contributed by atoms with E-state index >= 15 is 0 Å². The molecule has 0 aliphatic heterocycles. The molecule has 0 saturated heterocycles. The third-order valence-corrected chi connectivity index (χ3v) is 3.28. The Labute approximate surface area is 133 Å². The smallest absolute Gasteiger partial charge is 0.163 e. The van der Waals surface area contributed by atoms with Crippen LogP contribution in [0.25, 0.3) is 11.4 Å². The fraction of sp³-hybridized carbons (Fsp3) is 0.0588. The average molecular weight is 312 g/mol. The van der Waals surface area contributed by atoms with Gasteiger partial charge in [0.15, 0.2) is 5.82 Å². The summed E-state index contributed by atoms with van der Waals surface area (Å²) in [6.45, 7) is 0. The van der Waals surface area contributed by atoms with Gasteiger partial charge in [-0.1, -0.05) is 41.9 Å². The summed E-state index contributed by atoms with van der Waals surface area (Å²) in [6, 6.07) is 19.0. The third-order valence-electron chi connectivity index (χ3n) is 3.09. The molecular formula is C17H14ClN3O. The number of anilines is 2. The number of aromatic nitrogens is 2. The van der Waals surface area contributed by atoms with E-state index < -0.39 is 0 Å². The van der Waals surface area contributed by atoms with Gasteiger partial charge in [-0.3, -0.25) is 0 Å². The number of hydrogen-bond acceptors (Lipinski definition) is 4. The van der Waals surface area contributed by atoms with Crippen LogP contribution >= 0.6 is 11.6 Å². The number of ether oxygens (including phenoxy) is 1. The minimum absolute atomic E-state index is 0.393. The van der Waals surface area contributed by atoms with E-state index in [4.69, 9.17) is 16.3 Å². The summed E-state index contributed by atoms with van der Waals surface area (Å²) in [5.74, 6) is 2.03. The van der Waals surface area contributed by atoms with Crippen LogP contribution in [0.3, 0.4) is 0 Å². The highest BCUT2D eigenvalue weighted by molar-refractivity contribution is 6.29. The number of halogens is 1. The molecule has 0 radical (unpaired) electrons. The number of nitrogens with zero attached hydrogens (tertiary/aromatic N) is 2. The molecule has 0 unspecified atom stereocenters. The van der Waals surface area contributed by atoms with Crippen molar-refractivity contribution in [3.8, 4) is 17.1 Å². The monoisotopic (exact) mass is 311 g/mol. The summed E-state index contributed by atoms with van der Waals surface area (Å²) in [4.78, 5) is 8.77. The van der Waals surface area contributed by atoms with E-state index in [9.17, 15) is 0 Å². The molecule has 0 amide bonds. The Morgan fingerprint density at radius 1 is 0.955 bits per heavy atom. The normalized spacial score (nSPS) is 10.3. The molecule has 0 spiro atoms. The summed E-state index contributed by atoms with van der Waals surface area (Å²) in [6.07, 6.45) is 0. The van der Waals surface area contributed by atoms with Crippen molar-refractivity contribution in [1.82, 2.24) is 9.97 Å². The molecule has 0 fully saturated rings. The zero-order valence-electron chi connectivity index (χ0n) is 12.0. The SMILES string of the molecule is COc1ccc(Nc2cc(Cl)nc(-c3ccccc3)n2)cc1. The highest BCUT2D eigenvalue weighted by atomic mass is 35.5. The number of nitrogens with one attached hydrogen (secondary N) is 1. The Balaban J connectivity index is 1.89. The average Bonchev–Trinajstić information content (AvgIpc) is 2.56. The van der Waals surface area contributed by atoms with Gasteiger partial charge in [0.25, 0.3) is 0 Å². The summed E-state index contributed by atoms with van der Waals surface area (Å²) < 4.78 is 5.14. The first-order valence-electron chi connectivity index (χ1n) is 6.76. The summed E-state index contributed by atoms with van der Waals surface area (Å²) in [5, 5.41) is 3.61. The van der Waals surface area contributed by atoms with Crippen LogP contribution in [0.2, 0.25) is 5.15 Å². The lowest BCUT2D eigenvalue weighted by atomic mass is 10.2. The van der Waals surface area contributed by atoms with Crippen molar-refractivity contribution >= 4 is 23.1 Å². The second-order valence-electron chi connectivity index (χ2n) is 4.62. The van der Waals surface area contributed by atoms with Crippen LogP contribution in [0.15, 0.2) is 60.7 Å². The minimum Gasteiger partial charge on any atom is -0.497 e. The van der Waals surface area contributed by atoms with Gasteiger partial charge in [0.1, 0.15) is 16.7 Å². The van der Waals surface area contributed by atoms with E-state index in [0.29, 0.717) is 16.8 Å². The molecule has 2 aromatic carbocycles. The number of rotatable bonds is 4. The van der Waals surface area contributed by atoms with Crippen LogP contribution in [0.4, 0.5) is 11.5 Å². The van der Waals surface area contributed by atoms with E-state index in [2.05, 4.69) is 15.3 Å². The van der Waals surface area contributed by atoms with Gasteiger partial charge in [0.2, 0.25) is 0 Å². The highest BCUT2D eigenvalue weighted by Crippen LogP contribution is 2.23. The molecule has 0 bridgehead atoms. The molecule has 1 heterocycles. The largest absolute Gasteiger partial charge is 0.497 e. The van der Waals surface area contributed by atoms with Crippen molar-refractivity contribution in [3.05, 3.63) is 65.8 Å². The van der Waals surface area contributed by atoms with Crippen LogP contribution < -0.4 is 10.1 Å². The first-order valence-corrected chi connectivity index (χ1v) is 7.13. The van der Waals surface area contributed by atoms with Crippen LogP contribution in [0.5, 0.6) is 5.75 Å². The lowest BCUT2D eigenvalue weighted by Crippen LogP contribution is -1.97. The maximum Gasteiger partial charge on any atom is 0.163 e.